The van der Waals surface area contributed by atoms with E-state index in [1.165, 1.54) is 6.08 Å². The fourth-order valence-electron chi connectivity index (χ4n) is 4.06. The summed E-state index contributed by atoms with van der Waals surface area (Å²) in [6, 6.07) is 0. The van der Waals surface area contributed by atoms with Crippen molar-refractivity contribution in [3.05, 3.63) is 24.8 Å². The molecule has 1 rings (SSSR count). The minimum atomic E-state index is -1.59. The van der Waals surface area contributed by atoms with Gasteiger partial charge in [0.25, 0.3) is 0 Å². The number of rotatable bonds is 8. The third-order valence-electron chi connectivity index (χ3n) is 5.39. The van der Waals surface area contributed by atoms with E-state index in [-0.39, 0.29) is 12.2 Å². The minimum absolute atomic E-state index is 0.105. The van der Waals surface area contributed by atoms with Crippen LogP contribution < -0.4 is 0 Å². The van der Waals surface area contributed by atoms with Gasteiger partial charge < -0.3 is 9.84 Å². The van der Waals surface area contributed by atoms with Crippen molar-refractivity contribution < 1.29 is 9.84 Å². The summed E-state index contributed by atoms with van der Waals surface area (Å²) in [5, 5.41) is 9.72. The highest BCUT2D eigenvalue weighted by Crippen LogP contribution is 2.40. The van der Waals surface area contributed by atoms with Gasteiger partial charge in [-0.25, -0.2) is 0 Å². The zero-order valence-electron chi connectivity index (χ0n) is 16.4. The Kier molecular flexibility index (Phi) is 8.49. The maximum atomic E-state index is 9.72. The van der Waals surface area contributed by atoms with E-state index in [2.05, 4.69) is 65.7 Å². The van der Waals surface area contributed by atoms with Crippen LogP contribution in [0.2, 0.25) is 16.6 Å². The number of ether oxygens (including phenoxy) is 1. The summed E-state index contributed by atoms with van der Waals surface area (Å²) in [5.41, 5.74) is 5.83. The van der Waals surface area contributed by atoms with Crippen molar-refractivity contribution in [3.8, 4) is 11.5 Å². The Morgan fingerprint density at radius 1 is 1.12 bits per heavy atom. The van der Waals surface area contributed by atoms with E-state index in [0.29, 0.717) is 16.6 Å². The molecule has 0 amide bonds. The van der Waals surface area contributed by atoms with Crippen molar-refractivity contribution in [1.82, 2.24) is 0 Å². The number of aliphatic hydroxyl groups excluding tert-OH is 1. The lowest BCUT2D eigenvalue weighted by Gasteiger charge is -2.38. The molecule has 0 spiro atoms. The fraction of sp³-hybridized carbons (Fsp3) is 0.714. The third-order valence-corrected chi connectivity index (χ3v) is 11.7. The van der Waals surface area contributed by atoms with Gasteiger partial charge in [0.1, 0.15) is 20.3 Å². The topological polar surface area (TPSA) is 29.5 Å². The second kappa shape index (κ2) is 9.61. The summed E-state index contributed by atoms with van der Waals surface area (Å²) in [4.78, 5) is 0. The molecule has 136 valence electrons. The van der Waals surface area contributed by atoms with Crippen LogP contribution in [0.15, 0.2) is 24.8 Å². The lowest BCUT2D eigenvalue weighted by molar-refractivity contribution is -0.00492. The van der Waals surface area contributed by atoms with Crippen molar-refractivity contribution >= 4 is 8.07 Å². The first kappa shape index (κ1) is 21.2. The first-order valence-electron chi connectivity index (χ1n) is 9.40. The lowest BCUT2D eigenvalue weighted by atomic mass is 10.1. The fourth-order valence-corrected chi connectivity index (χ4v) is 9.36. The quantitative estimate of drug-likeness (QED) is 0.281. The van der Waals surface area contributed by atoms with Crippen LogP contribution in [-0.4, -0.2) is 31.5 Å². The second-order valence-electron chi connectivity index (χ2n) is 7.84. The van der Waals surface area contributed by atoms with Crippen molar-refractivity contribution in [3.63, 3.8) is 0 Å². The summed E-state index contributed by atoms with van der Waals surface area (Å²) >= 11 is 0. The molecule has 1 N–H and O–H groups in total. The van der Waals surface area contributed by atoms with Crippen molar-refractivity contribution in [2.75, 3.05) is 0 Å². The third kappa shape index (κ3) is 5.08. The highest BCUT2D eigenvalue weighted by Gasteiger charge is 2.41. The van der Waals surface area contributed by atoms with Crippen LogP contribution in [0, 0.1) is 11.5 Å². The molecule has 0 aromatic rings. The van der Waals surface area contributed by atoms with E-state index in [1.807, 2.05) is 6.08 Å². The largest absolute Gasteiger partial charge is 0.386 e. The van der Waals surface area contributed by atoms with Gasteiger partial charge in [-0.05, 0) is 29.5 Å². The van der Waals surface area contributed by atoms with Crippen molar-refractivity contribution in [1.29, 1.82) is 0 Å². The Hall–Kier alpha value is -0.823. The molecule has 0 aromatic heterocycles. The van der Waals surface area contributed by atoms with Gasteiger partial charge in [-0.15, -0.1) is 18.0 Å². The van der Waals surface area contributed by atoms with Gasteiger partial charge in [-0.1, -0.05) is 59.8 Å². The van der Waals surface area contributed by atoms with Crippen LogP contribution in [-0.2, 0) is 4.74 Å². The predicted molar refractivity (Wildman–Crippen MR) is 107 cm³/mol. The van der Waals surface area contributed by atoms with Crippen LogP contribution in [0.4, 0.5) is 0 Å². The normalized spacial score (nSPS) is 22.1. The molecule has 0 aromatic carbocycles. The minimum Gasteiger partial charge on any atom is -0.386 e. The maximum Gasteiger partial charge on any atom is 0.145 e. The van der Waals surface area contributed by atoms with Crippen LogP contribution >= 0.6 is 0 Å². The molecular formula is C21H36O2Si. The standard InChI is InChI=1S/C21H36O2Si/c1-8-20(22)21-14-13-19(23-21)12-10-9-11-15-24(16(2)3,17(4)5)18(6)7/h8,13-14,16-22H,1,9-10,12H2,2-7H3/t19-,20+,21+/m1/s1. The molecule has 1 heterocycles. The molecule has 24 heavy (non-hydrogen) atoms. The Morgan fingerprint density at radius 2 is 1.71 bits per heavy atom. The van der Waals surface area contributed by atoms with Gasteiger partial charge in [0.05, 0.1) is 6.10 Å². The molecule has 0 saturated carbocycles. The summed E-state index contributed by atoms with van der Waals surface area (Å²) in [6.45, 7) is 17.7. The Balaban J connectivity index is 2.52. The zero-order chi connectivity index (χ0) is 18.3. The highest BCUT2D eigenvalue weighted by molar-refractivity contribution is 6.90. The first-order valence-corrected chi connectivity index (χ1v) is 11.6. The number of hydrogen-bond donors (Lipinski definition) is 1. The Labute approximate surface area is 150 Å². The molecule has 1 aliphatic rings. The molecule has 2 nitrogen and oxygen atoms in total. The van der Waals surface area contributed by atoms with Crippen LogP contribution in [0.3, 0.4) is 0 Å². The molecular weight excluding hydrogens is 312 g/mol. The zero-order valence-corrected chi connectivity index (χ0v) is 17.4. The van der Waals surface area contributed by atoms with Crippen molar-refractivity contribution in [2.24, 2.45) is 0 Å². The van der Waals surface area contributed by atoms with E-state index in [0.717, 1.165) is 19.3 Å². The Morgan fingerprint density at radius 3 is 2.21 bits per heavy atom. The molecule has 0 fully saturated rings. The average molecular weight is 349 g/mol. The van der Waals surface area contributed by atoms with Gasteiger partial charge >= 0.3 is 0 Å². The molecule has 3 atom stereocenters. The molecule has 0 radical (unpaired) electrons. The van der Waals surface area contributed by atoms with Gasteiger partial charge in [0, 0.05) is 6.42 Å². The van der Waals surface area contributed by atoms with Gasteiger partial charge in [-0.3, -0.25) is 0 Å². The molecule has 0 aliphatic carbocycles. The van der Waals surface area contributed by atoms with Gasteiger partial charge in [0.2, 0.25) is 0 Å². The monoisotopic (exact) mass is 348 g/mol. The van der Waals surface area contributed by atoms with E-state index in [9.17, 15) is 5.11 Å². The first-order chi connectivity index (χ1) is 11.3. The van der Waals surface area contributed by atoms with E-state index in [1.54, 1.807) is 0 Å². The molecule has 0 saturated heterocycles. The van der Waals surface area contributed by atoms with Crippen molar-refractivity contribution in [2.45, 2.75) is 95.7 Å². The number of unbranched alkanes of at least 4 members (excludes halogenated alkanes) is 1. The van der Waals surface area contributed by atoms with E-state index in [4.69, 9.17) is 4.74 Å². The van der Waals surface area contributed by atoms with Crippen LogP contribution in [0.5, 0.6) is 0 Å². The van der Waals surface area contributed by atoms with Crippen LogP contribution in [0.25, 0.3) is 0 Å². The summed E-state index contributed by atoms with van der Waals surface area (Å²) in [6.07, 6.45) is 7.72. The number of hydrogen-bond acceptors (Lipinski definition) is 2. The number of aliphatic hydroxyl groups is 1. The van der Waals surface area contributed by atoms with E-state index >= 15 is 0 Å². The van der Waals surface area contributed by atoms with E-state index < -0.39 is 14.2 Å². The maximum absolute atomic E-state index is 9.72. The van der Waals surface area contributed by atoms with Gasteiger partial charge in [-0.2, -0.15) is 0 Å². The second-order valence-corrected chi connectivity index (χ2v) is 13.4. The molecule has 0 bridgehead atoms. The SMILES string of the molecule is C=C[C@H](O)[C@@H]1C=C[C@@H](CCCC#C[Si](C(C)C)(C(C)C)C(C)C)O1. The van der Waals surface area contributed by atoms with Gasteiger partial charge in [0.15, 0.2) is 0 Å². The molecule has 0 unspecified atom stereocenters. The predicted octanol–water partition coefficient (Wildman–Crippen LogP) is 5.25. The molecule has 3 heteroatoms. The lowest BCUT2D eigenvalue weighted by Crippen LogP contribution is -2.43. The summed E-state index contributed by atoms with van der Waals surface area (Å²) in [7, 11) is -1.59. The summed E-state index contributed by atoms with van der Waals surface area (Å²) in [5.74, 6) is 3.51. The molecule has 1 aliphatic heterocycles. The highest BCUT2D eigenvalue weighted by atomic mass is 28.3. The Bertz CT molecular complexity index is 460. The average Bonchev–Trinajstić information content (AvgIpc) is 2.97. The van der Waals surface area contributed by atoms with Crippen LogP contribution in [0.1, 0.15) is 60.8 Å². The summed E-state index contributed by atoms with van der Waals surface area (Å²) < 4.78 is 5.80. The smallest absolute Gasteiger partial charge is 0.145 e.